The number of thiophene rings is 2. The molecule has 10 heteroatoms. The lowest BCUT2D eigenvalue weighted by molar-refractivity contribution is 0.102. The summed E-state index contributed by atoms with van der Waals surface area (Å²) in [4.78, 5) is 41.8. The number of nitrogens with one attached hydrogen (secondary N) is 2. The summed E-state index contributed by atoms with van der Waals surface area (Å²) in [5.74, 6) is 0.447. The third-order valence-corrected chi connectivity index (χ3v) is 11.2. The van der Waals surface area contributed by atoms with Crippen molar-refractivity contribution in [1.29, 1.82) is 0 Å². The lowest BCUT2D eigenvalue weighted by Gasteiger charge is -2.16. The Morgan fingerprint density at radius 1 is 0.537 bits per heavy atom. The van der Waals surface area contributed by atoms with Crippen LogP contribution < -0.4 is 20.1 Å². The first-order valence-corrected chi connectivity index (χ1v) is 18.8. The zero-order valence-electron chi connectivity index (χ0n) is 29.9. The van der Waals surface area contributed by atoms with Gasteiger partial charge < -0.3 is 20.1 Å². The number of pyridine rings is 2. The van der Waals surface area contributed by atoms with Crippen LogP contribution in [0.1, 0.15) is 30.5 Å². The molecule has 0 bridgehead atoms. The highest BCUT2D eigenvalue weighted by Gasteiger charge is 2.19. The molecule has 266 valence electrons. The number of amides is 2. The standard InChI is InChI=1S/C44H34N4O4S2/c1-25-13-19-41(53-25)37-23-31(29-9-5-7-11-33(29)45-37)43(49)47-35-17-15-27(21-39(35)51-3)28-16-18-36(40(22-28)52-4)48-44(50)32-24-38(42-20-14-26(2)54-42)46-34-12-8-6-10-30(32)34/h5-24H,1-4H3,(H,47,49)(H,48,50). The second-order valence-corrected chi connectivity index (χ2v) is 15.3. The van der Waals surface area contributed by atoms with Crippen molar-refractivity contribution in [3.05, 3.63) is 142 Å². The van der Waals surface area contributed by atoms with E-state index < -0.39 is 0 Å². The van der Waals surface area contributed by atoms with Crippen LogP contribution in [0, 0.1) is 13.8 Å². The Bertz CT molecular complexity index is 2550. The highest BCUT2D eigenvalue weighted by atomic mass is 32.1. The van der Waals surface area contributed by atoms with Gasteiger partial charge in [-0.1, -0.05) is 48.5 Å². The van der Waals surface area contributed by atoms with E-state index in [2.05, 4.69) is 36.6 Å². The molecular weight excluding hydrogens is 713 g/mol. The maximum Gasteiger partial charge on any atom is 0.256 e. The van der Waals surface area contributed by atoms with Crippen molar-refractivity contribution in [2.45, 2.75) is 13.8 Å². The summed E-state index contributed by atoms with van der Waals surface area (Å²) in [6.07, 6.45) is 0. The summed E-state index contributed by atoms with van der Waals surface area (Å²) in [6.45, 7) is 4.10. The van der Waals surface area contributed by atoms with Crippen molar-refractivity contribution in [1.82, 2.24) is 9.97 Å². The van der Waals surface area contributed by atoms with E-state index in [1.807, 2.05) is 109 Å². The average molecular weight is 747 g/mol. The zero-order chi connectivity index (χ0) is 37.3. The molecule has 8 rings (SSSR count). The van der Waals surface area contributed by atoms with Gasteiger partial charge in [0.25, 0.3) is 11.8 Å². The molecule has 4 aromatic carbocycles. The molecule has 0 aliphatic rings. The molecule has 0 spiro atoms. The van der Waals surface area contributed by atoms with Gasteiger partial charge in [-0.05, 0) is 97.8 Å². The molecule has 0 saturated heterocycles. The third kappa shape index (κ3) is 6.80. The largest absolute Gasteiger partial charge is 0.495 e. The molecule has 0 unspecified atom stereocenters. The summed E-state index contributed by atoms with van der Waals surface area (Å²) in [7, 11) is 3.14. The van der Waals surface area contributed by atoms with Gasteiger partial charge in [0.1, 0.15) is 11.5 Å². The van der Waals surface area contributed by atoms with Gasteiger partial charge >= 0.3 is 0 Å². The minimum Gasteiger partial charge on any atom is -0.495 e. The summed E-state index contributed by atoms with van der Waals surface area (Å²) >= 11 is 3.28. The highest BCUT2D eigenvalue weighted by Crippen LogP contribution is 2.37. The third-order valence-electron chi connectivity index (χ3n) is 9.14. The van der Waals surface area contributed by atoms with Crippen molar-refractivity contribution in [3.8, 4) is 43.8 Å². The monoisotopic (exact) mass is 746 g/mol. The Balaban J connectivity index is 1.06. The Morgan fingerprint density at radius 3 is 1.35 bits per heavy atom. The second-order valence-electron chi connectivity index (χ2n) is 12.7. The number of carbonyl (C=O) groups excluding carboxylic acids is 2. The van der Waals surface area contributed by atoms with Gasteiger partial charge in [-0.3, -0.25) is 9.59 Å². The fraction of sp³-hybridized carbons (Fsp3) is 0.0909. The Morgan fingerprint density at radius 2 is 0.963 bits per heavy atom. The van der Waals surface area contributed by atoms with Gasteiger partial charge in [-0.25, -0.2) is 9.97 Å². The predicted molar refractivity (Wildman–Crippen MR) is 220 cm³/mol. The fourth-order valence-corrected chi connectivity index (χ4v) is 8.11. The molecular formula is C44H34N4O4S2. The van der Waals surface area contributed by atoms with Crippen LogP contribution in [0.25, 0.3) is 54.1 Å². The fourth-order valence-electron chi connectivity index (χ4n) is 6.45. The van der Waals surface area contributed by atoms with E-state index >= 15 is 0 Å². The first-order chi connectivity index (χ1) is 26.3. The molecule has 0 aliphatic carbocycles. The van der Waals surface area contributed by atoms with Gasteiger partial charge in [0, 0.05) is 20.5 Å². The number of fused-ring (bicyclic) bond motifs is 2. The van der Waals surface area contributed by atoms with Crippen LogP contribution in [0.15, 0.2) is 121 Å². The molecule has 0 fully saturated rings. The van der Waals surface area contributed by atoms with Crippen molar-refractivity contribution in [2.24, 2.45) is 0 Å². The number of ether oxygens (including phenoxy) is 2. The number of para-hydroxylation sites is 2. The molecule has 4 aromatic heterocycles. The normalized spacial score (nSPS) is 11.1. The van der Waals surface area contributed by atoms with E-state index in [9.17, 15) is 9.59 Å². The first-order valence-electron chi connectivity index (χ1n) is 17.2. The molecule has 2 amide bonds. The molecule has 0 atom stereocenters. The summed E-state index contributed by atoms with van der Waals surface area (Å²) in [5.41, 5.74) is 6.75. The van der Waals surface area contributed by atoms with Gasteiger partial charge in [0.15, 0.2) is 0 Å². The summed E-state index contributed by atoms with van der Waals surface area (Å²) < 4.78 is 11.5. The van der Waals surface area contributed by atoms with Gasteiger partial charge in [-0.2, -0.15) is 0 Å². The van der Waals surface area contributed by atoms with Crippen LogP contribution in [0.4, 0.5) is 11.4 Å². The minimum absolute atomic E-state index is 0.268. The van der Waals surface area contributed by atoms with E-state index in [1.165, 1.54) is 9.75 Å². The number of hydrogen-bond donors (Lipinski definition) is 2. The molecule has 2 N–H and O–H groups in total. The van der Waals surface area contributed by atoms with Crippen LogP contribution in [0.2, 0.25) is 0 Å². The van der Waals surface area contributed by atoms with Crippen molar-refractivity contribution in [3.63, 3.8) is 0 Å². The van der Waals surface area contributed by atoms with Crippen LogP contribution in [-0.2, 0) is 0 Å². The van der Waals surface area contributed by atoms with Crippen LogP contribution in [0.5, 0.6) is 11.5 Å². The van der Waals surface area contributed by atoms with E-state index in [0.717, 1.165) is 54.1 Å². The quantitative estimate of drug-likeness (QED) is 0.152. The van der Waals surface area contributed by atoms with E-state index in [1.54, 1.807) is 36.9 Å². The van der Waals surface area contributed by atoms with Crippen LogP contribution in [-0.4, -0.2) is 36.0 Å². The SMILES string of the molecule is COc1cc(-c2ccc(NC(=O)c3cc(-c4ccc(C)s4)nc4ccccc34)c(OC)c2)ccc1NC(=O)c1cc(-c2ccc(C)s2)nc2ccccc12. The van der Waals surface area contributed by atoms with Gasteiger partial charge in [0.05, 0.1) is 68.9 Å². The summed E-state index contributed by atoms with van der Waals surface area (Å²) in [6, 6.07) is 38.3. The number of nitrogens with zero attached hydrogens (tertiary/aromatic N) is 2. The van der Waals surface area contributed by atoms with Crippen LogP contribution in [0.3, 0.4) is 0 Å². The molecule has 0 saturated carbocycles. The topological polar surface area (TPSA) is 102 Å². The molecule has 0 aliphatic heterocycles. The number of aryl methyl sites for hydroxylation is 2. The predicted octanol–water partition coefficient (Wildman–Crippen LogP) is 11.0. The van der Waals surface area contributed by atoms with Gasteiger partial charge in [0.2, 0.25) is 0 Å². The molecule has 0 radical (unpaired) electrons. The number of methoxy groups -OCH3 is 2. The second kappa shape index (κ2) is 14.6. The lowest BCUT2D eigenvalue weighted by atomic mass is 10.0. The molecule has 4 heterocycles. The maximum absolute atomic E-state index is 13.9. The average Bonchev–Trinajstić information content (AvgIpc) is 3.85. The van der Waals surface area contributed by atoms with E-state index in [0.29, 0.717) is 34.0 Å². The van der Waals surface area contributed by atoms with E-state index in [4.69, 9.17) is 19.4 Å². The number of anilines is 2. The number of hydrogen-bond acceptors (Lipinski definition) is 8. The maximum atomic E-state index is 13.9. The van der Waals surface area contributed by atoms with Crippen LogP contribution >= 0.6 is 22.7 Å². The number of aromatic nitrogens is 2. The Hall–Kier alpha value is -6.36. The number of carbonyl (C=O) groups is 2. The zero-order valence-corrected chi connectivity index (χ0v) is 31.5. The number of benzene rings is 4. The van der Waals surface area contributed by atoms with Crippen molar-refractivity contribution < 1.29 is 19.1 Å². The molecule has 8 nitrogen and oxygen atoms in total. The molecule has 54 heavy (non-hydrogen) atoms. The Labute approximate surface area is 320 Å². The lowest BCUT2D eigenvalue weighted by Crippen LogP contribution is -2.14. The smallest absolute Gasteiger partial charge is 0.256 e. The molecule has 8 aromatic rings. The van der Waals surface area contributed by atoms with Gasteiger partial charge in [-0.15, -0.1) is 22.7 Å². The highest BCUT2D eigenvalue weighted by molar-refractivity contribution is 7.15. The Kier molecular flexibility index (Phi) is 9.37. The number of rotatable bonds is 9. The van der Waals surface area contributed by atoms with Crippen molar-refractivity contribution >= 4 is 67.7 Å². The summed E-state index contributed by atoms with van der Waals surface area (Å²) in [5, 5.41) is 7.65. The first kappa shape index (κ1) is 34.7. The minimum atomic E-state index is -0.268. The van der Waals surface area contributed by atoms with Crippen molar-refractivity contribution in [2.75, 3.05) is 24.9 Å². The van der Waals surface area contributed by atoms with E-state index in [-0.39, 0.29) is 11.8 Å².